The van der Waals surface area contributed by atoms with Crippen molar-refractivity contribution in [2.45, 2.75) is 44.7 Å². The van der Waals surface area contributed by atoms with Crippen LogP contribution >= 0.6 is 11.3 Å². The van der Waals surface area contributed by atoms with Crippen LogP contribution in [0.15, 0.2) is 24.3 Å². The van der Waals surface area contributed by atoms with Crippen molar-refractivity contribution >= 4 is 28.1 Å². The van der Waals surface area contributed by atoms with Crippen LogP contribution in [0.3, 0.4) is 0 Å². The number of amides is 1. The average molecular weight is 357 g/mol. The van der Waals surface area contributed by atoms with Crippen molar-refractivity contribution in [3.63, 3.8) is 0 Å². The number of hydrogen-bond donors (Lipinski definition) is 1. The van der Waals surface area contributed by atoms with Gasteiger partial charge in [-0.2, -0.15) is 0 Å². The zero-order valence-corrected chi connectivity index (χ0v) is 15.4. The molecule has 0 spiro atoms. The van der Waals surface area contributed by atoms with E-state index in [9.17, 15) is 4.79 Å². The van der Waals surface area contributed by atoms with Gasteiger partial charge in [0.05, 0.1) is 0 Å². The predicted octanol–water partition coefficient (Wildman–Crippen LogP) is 2.75. The van der Waals surface area contributed by atoms with Gasteiger partial charge >= 0.3 is 0 Å². The molecule has 1 aromatic carbocycles. The molecule has 25 heavy (non-hydrogen) atoms. The molecule has 2 aromatic rings. The highest BCUT2D eigenvalue weighted by Crippen LogP contribution is 2.45. The number of aromatic nitrogens is 2. The molecule has 3 heterocycles. The molecule has 0 aliphatic carbocycles. The molecule has 1 amide bonds. The van der Waals surface area contributed by atoms with Gasteiger partial charge < -0.3 is 15.5 Å². The third kappa shape index (κ3) is 2.81. The first-order valence-corrected chi connectivity index (χ1v) is 9.64. The smallest absolute Gasteiger partial charge is 0.284 e. The first kappa shape index (κ1) is 16.5. The highest BCUT2D eigenvalue weighted by molar-refractivity contribution is 7.17. The minimum Gasteiger partial charge on any atom is -0.336 e. The largest absolute Gasteiger partial charge is 0.336 e. The van der Waals surface area contributed by atoms with Gasteiger partial charge in [-0.05, 0) is 31.4 Å². The van der Waals surface area contributed by atoms with E-state index < -0.39 is 0 Å². The number of carbonyl (C=O) groups excluding carboxylic acids is 1. The van der Waals surface area contributed by atoms with E-state index in [2.05, 4.69) is 47.1 Å². The predicted molar refractivity (Wildman–Crippen MR) is 99.5 cm³/mol. The third-order valence-electron chi connectivity index (χ3n) is 5.45. The Hall–Kier alpha value is -1.99. The Labute approximate surface area is 151 Å². The van der Waals surface area contributed by atoms with Gasteiger partial charge in [0.25, 0.3) is 5.91 Å². The Morgan fingerprint density at radius 2 is 1.92 bits per heavy atom. The van der Waals surface area contributed by atoms with Crippen LogP contribution in [0.4, 0.5) is 10.8 Å². The monoisotopic (exact) mass is 357 g/mol. The van der Waals surface area contributed by atoms with Crippen LogP contribution in [-0.2, 0) is 0 Å². The molecule has 2 unspecified atom stereocenters. The maximum atomic E-state index is 12.7. The highest BCUT2D eigenvalue weighted by atomic mass is 32.1. The lowest BCUT2D eigenvalue weighted by atomic mass is 9.99. The second kappa shape index (κ2) is 6.38. The fraction of sp³-hybridized carbons (Fsp3) is 0.500. The van der Waals surface area contributed by atoms with Gasteiger partial charge in [0.2, 0.25) is 10.1 Å². The lowest BCUT2D eigenvalue weighted by Crippen LogP contribution is -2.42. The number of piperidine rings is 1. The second-order valence-corrected chi connectivity index (χ2v) is 7.93. The number of anilines is 2. The first-order chi connectivity index (χ1) is 12.1. The van der Waals surface area contributed by atoms with Gasteiger partial charge in [0.15, 0.2) is 0 Å². The average Bonchev–Trinajstić information content (AvgIpc) is 3.19. The van der Waals surface area contributed by atoms with E-state index in [1.807, 2.05) is 11.0 Å². The molecule has 0 radical (unpaired) electrons. The zero-order valence-electron chi connectivity index (χ0n) is 14.6. The van der Waals surface area contributed by atoms with Crippen molar-refractivity contribution in [2.75, 3.05) is 18.0 Å². The summed E-state index contributed by atoms with van der Waals surface area (Å²) in [6.07, 6.45) is 1.71. The van der Waals surface area contributed by atoms with Gasteiger partial charge in [-0.15, -0.1) is 10.2 Å². The van der Waals surface area contributed by atoms with Crippen molar-refractivity contribution < 1.29 is 4.79 Å². The zero-order chi connectivity index (χ0) is 17.6. The Kier molecular flexibility index (Phi) is 4.21. The maximum absolute atomic E-state index is 12.7. The number of benzene rings is 1. The third-order valence-corrected chi connectivity index (χ3v) is 6.36. The summed E-state index contributed by atoms with van der Waals surface area (Å²) < 4.78 is 0. The van der Waals surface area contributed by atoms with Crippen molar-refractivity contribution in [2.24, 2.45) is 5.73 Å². The summed E-state index contributed by atoms with van der Waals surface area (Å²) in [6, 6.07) is 8.89. The van der Waals surface area contributed by atoms with E-state index in [1.165, 1.54) is 22.6 Å². The molecular formula is C18H23N5OS. The van der Waals surface area contributed by atoms with Crippen LogP contribution in [-0.4, -0.2) is 46.2 Å². The molecule has 1 aromatic heterocycles. The Morgan fingerprint density at radius 3 is 2.68 bits per heavy atom. The van der Waals surface area contributed by atoms with Crippen molar-refractivity contribution in [3.05, 3.63) is 34.8 Å². The van der Waals surface area contributed by atoms with E-state index in [4.69, 9.17) is 5.73 Å². The molecule has 2 atom stereocenters. The van der Waals surface area contributed by atoms with Crippen LogP contribution in [0.25, 0.3) is 0 Å². The van der Waals surface area contributed by atoms with Gasteiger partial charge in [0, 0.05) is 36.8 Å². The molecule has 2 aliphatic rings. The van der Waals surface area contributed by atoms with E-state index in [-0.39, 0.29) is 11.9 Å². The molecular weight excluding hydrogens is 334 g/mol. The van der Waals surface area contributed by atoms with E-state index in [1.54, 1.807) is 0 Å². The van der Waals surface area contributed by atoms with Gasteiger partial charge in [-0.1, -0.05) is 36.5 Å². The maximum Gasteiger partial charge on any atom is 0.284 e. The van der Waals surface area contributed by atoms with E-state index in [0.29, 0.717) is 30.1 Å². The van der Waals surface area contributed by atoms with Crippen molar-refractivity contribution in [1.29, 1.82) is 0 Å². The molecule has 2 aliphatic heterocycles. The second-order valence-electron chi connectivity index (χ2n) is 6.98. The minimum absolute atomic E-state index is 0.0242. The Morgan fingerprint density at radius 1 is 1.20 bits per heavy atom. The number of rotatable bonds is 2. The van der Waals surface area contributed by atoms with Gasteiger partial charge in [-0.25, -0.2) is 0 Å². The minimum atomic E-state index is -0.0242. The molecule has 1 saturated heterocycles. The number of likely N-dealkylation sites (tertiary alicyclic amines) is 1. The van der Waals surface area contributed by atoms with Crippen molar-refractivity contribution in [1.82, 2.24) is 15.1 Å². The molecule has 0 saturated carbocycles. The first-order valence-electron chi connectivity index (χ1n) is 8.82. The Bertz CT molecular complexity index is 783. The summed E-state index contributed by atoms with van der Waals surface area (Å²) in [6.45, 7) is 5.83. The molecule has 7 heteroatoms. The summed E-state index contributed by atoms with van der Waals surface area (Å²) in [5.41, 5.74) is 8.42. The number of nitrogens with two attached hydrogens (primary N) is 1. The quantitative estimate of drug-likeness (QED) is 0.894. The van der Waals surface area contributed by atoms with Crippen LogP contribution in [0.2, 0.25) is 0 Å². The standard InChI is InChI=1S/C18H23N5OS/c1-11-12(2)23(15-6-4-3-5-14(11)15)18-21-20-16(25-18)17(24)22-9-7-13(19)8-10-22/h3-6,11-13H,7-10,19H2,1-2H3. The SMILES string of the molecule is CC1c2ccccc2N(c2nnc(C(=O)N3CCC(N)CC3)s2)C1C. The number of fused-ring (bicyclic) bond motifs is 1. The fourth-order valence-corrected chi connectivity index (χ4v) is 4.62. The molecule has 2 N–H and O–H groups in total. The fourth-order valence-electron chi connectivity index (χ4n) is 3.71. The lowest BCUT2D eigenvalue weighted by molar-refractivity contribution is 0.0713. The van der Waals surface area contributed by atoms with Gasteiger partial charge in [-0.3, -0.25) is 4.79 Å². The lowest BCUT2D eigenvalue weighted by Gasteiger charge is -2.29. The number of nitrogens with zero attached hydrogens (tertiary/aromatic N) is 4. The van der Waals surface area contributed by atoms with Crippen LogP contribution in [0, 0.1) is 0 Å². The number of hydrogen-bond acceptors (Lipinski definition) is 6. The topological polar surface area (TPSA) is 75.4 Å². The van der Waals surface area contributed by atoms with E-state index >= 15 is 0 Å². The highest BCUT2D eigenvalue weighted by Gasteiger charge is 2.35. The van der Waals surface area contributed by atoms with Crippen molar-refractivity contribution in [3.8, 4) is 0 Å². The number of carbonyl (C=O) groups is 1. The molecule has 0 bridgehead atoms. The summed E-state index contributed by atoms with van der Waals surface area (Å²) in [4.78, 5) is 16.8. The summed E-state index contributed by atoms with van der Waals surface area (Å²) in [5.74, 6) is 0.395. The molecule has 6 nitrogen and oxygen atoms in total. The molecule has 1 fully saturated rings. The van der Waals surface area contributed by atoms with Crippen LogP contribution in [0.5, 0.6) is 0 Å². The summed E-state index contributed by atoms with van der Waals surface area (Å²) in [7, 11) is 0. The van der Waals surface area contributed by atoms with Crippen LogP contribution < -0.4 is 10.6 Å². The number of para-hydroxylation sites is 1. The normalized spacial score (nSPS) is 23.8. The van der Waals surface area contributed by atoms with Gasteiger partial charge in [0.1, 0.15) is 0 Å². The Balaban J connectivity index is 1.58. The summed E-state index contributed by atoms with van der Waals surface area (Å²) in [5, 5.41) is 9.79. The molecule has 4 rings (SSSR count). The molecule has 132 valence electrons. The summed E-state index contributed by atoms with van der Waals surface area (Å²) >= 11 is 1.38. The van der Waals surface area contributed by atoms with E-state index in [0.717, 1.165) is 18.0 Å². The van der Waals surface area contributed by atoms with Crippen LogP contribution in [0.1, 0.15) is 48.0 Å².